The summed E-state index contributed by atoms with van der Waals surface area (Å²) in [4.78, 5) is 20.5. The van der Waals surface area contributed by atoms with Gasteiger partial charge in [0.2, 0.25) is 0 Å². The second kappa shape index (κ2) is 5.44. The van der Waals surface area contributed by atoms with Crippen molar-refractivity contribution in [3.63, 3.8) is 0 Å². The fourth-order valence-corrected chi connectivity index (χ4v) is 3.37. The van der Waals surface area contributed by atoms with Crippen molar-refractivity contribution in [2.75, 3.05) is 0 Å². The van der Waals surface area contributed by atoms with Gasteiger partial charge in [0.1, 0.15) is 10.7 Å². The van der Waals surface area contributed by atoms with Crippen LogP contribution in [0.15, 0.2) is 28.4 Å². The van der Waals surface area contributed by atoms with Gasteiger partial charge in [-0.25, -0.2) is 4.98 Å². The highest BCUT2D eigenvalue weighted by atomic mass is 35.5. The molecule has 6 heteroatoms. The second-order valence-electron chi connectivity index (χ2n) is 5.06. The Morgan fingerprint density at radius 1 is 1.24 bits per heavy atom. The summed E-state index contributed by atoms with van der Waals surface area (Å²) >= 11 is 13.5. The van der Waals surface area contributed by atoms with E-state index in [9.17, 15) is 4.79 Å². The van der Waals surface area contributed by atoms with E-state index in [-0.39, 0.29) is 11.5 Å². The van der Waals surface area contributed by atoms with Crippen molar-refractivity contribution >= 4 is 44.8 Å². The molecule has 0 aliphatic rings. The molecular weight excluding hydrogens is 327 g/mol. The molecule has 3 nitrogen and oxygen atoms in total. The molecule has 0 unspecified atom stereocenters. The molecule has 0 radical (unpaired) electrons. The molecular formula is C15H12Cl2N2OS. The van der Waals surface area contributed by atoms with Crippen LogP contribution in [0.5, 0.6) is 0 Å². The summed E-state index contributed by atoms with van der Waals surface area (Å²) in [6.07, 6.45) is 0. The Morgan fingerprint density at radius 3 is 2.67 bits per heavy atom. The number of benzene rings is 1. The van der Waals surface area contributed by atoms with Crippen LogP contribution < -0.4 is 5.56 Å². The van der Waals surface area contributed by atoms with Crippen LogP contribution in [-0.2, 0) is 0 Å². The molecule has 2 aromatic heterocycles. The predicted octanol–water partition coefficient (Wildman–Crippen LogP) is 5.08. The zero-order chi connectivity index (χ0) is 15.1. The zero-order valence-corrected chi connectivity index (χ0v) is 13.7. The number of H-pyrrole nitrogens is 1. The number of rotatable bonds is 2. The maximum absolute atomic E-state index is 12.4. The lowest BCUT2D eigenvalue weighted by Gasteiger charge is -2.05. The Balaban J connectivity index is 2.25. The Kier molecular flexibility index (Phi) is 3.78. The van der Waals surface area contributed by atoms with Gasteiger partial charge in [0.05, 0.1) is 15.4 Å². The van der Waals surface area contributed by atoms with E-state index in [0.717, 1.165) is 16.0 Å². The van der Waals surface area contributed by atoms with E-state index in [4.69, 9.17) is 23.2 Å². The highest BCUT2D eigenvalue weighted by Gasteiger charge is 2.14. The van der Waals surface area contributed by atoms with Crippen molar-refractivity contribution in [2.45, 2.75) is 19.8 Å². The molecule has 108 valence electrons. The summed E-state index contributed by atoms with van der Waals surface area (Å²) < 4.78 is 0. The maximum Gasteiger partial charge on any atom is 0.260 e. The van der Waals surface area contributed by atoms with Crippen molar-refractivity contribution in [3.05, 3.63) is 49.8 Å². The van der Waals surface area contributed by atoms with Crippen molar-refractivity contribution in [1.29, 1.82) is 0 Å². The highest BCUT2D eigenvalue weighted by molar-refractivity contribution is 7.17. The molecule has 1 aromatic carbocycles. The van der Waals surface area contributed by atoms with Gasteiger partial charge in [-0.1, -0.05) is 43.1 Å². The second-order valence-corrected chi connectivity index (χ2v) is 6.74. The number of nitrogens with zero attached hydrogens (tertiary/aromatic N) is 1. The number of aromatic amines is 1. The number of aromatic nitrogens is 2. The van der Waals surface area contributed by atoms with Crippen LogP contribution in [-0.4, -0.2) is 9.97 Å². The molecule has 0 amide bonds. The molecule has 3 rings (SSSR count). The van der Waals surface area contributed by atoms with Crippen LogP contribution in [0.1, 0.15) is 25.6 Å². The first-order valence-electron chi connectivity index (χ1n) is 6.44. The molecule has 21 heavy (non-hydrogen) atoms. The predicted molar refractivity (Wildman–Crippen MR) is 89.8 cm³/mol. The van der Waals surface area contributed by atoms with E-state index in [0.29, 0.717) is 21.3 Å². The largest absolute Gasteiger partial charge is 0.310 e. The Bertz CT molecular complexity index is 883. The van der Waals surface area contributed by atoms with Crippen LogP contribution in [0, 0.1) is 0 Å². The lowest BCUT2D eigenvalue weighted by Crippen LogP contribution is -2.12. The highest BCUT2D eigenvalue weighted by Crippen LogP contribution is 2.34. The van der Waals surface area contributed by atoms with Crippen LogP contribution in [0.4, 0.5) is 0 Å². The van der Waals surface area contributed by atoms with Crippen LogP contribution in [0.2, 0.25) is 10.0 Å². The Labute approximate surface area is 135 Å². The van der Waals surface area contributed by atoms with Gasteiger partial charge >= 0.3 is 0 Å². The minimum absolute atomic E-state index is 0.119. The van der Waals surface area contributed by atoms with Gasteiger partial charge in [0, 0.05) is 16.9 Å². The smallest absolute Gasteiger partial charge is 0.260 e. The summed E-state index contributed by atoms with van der Waals surface area (Å²) in [7, 11) is 0. The van der Waals surface area contributed by atoms with Gasteiger partial charge in [-0.05, 0) is 17.7 Å². The zero-order valence-electron chi connectivity index (χ0n) is 11.4. The first-order chi connectivity index (χ1) is 9.97. The molecule has 1 N–H and O–H groups in total. The summed E-state index contributed by atoms with van der Waals surface area (Å²) in [5.74, 6) is 0.882. The Hall–Kier alpha value is -1.36. The monoisotopic (exact) mass is 338 g/mol. The van der Waals surface area contributed by atoms with Gasteiger partial charge in [0.15, 0.2) is 0 Å². The molecule has 0 bridgehead atoms. The van der Waals surface area contributed by atoms with Crippen LogP contribution in [0.3, 0.4) is 0 Å². The quantitative estimate of drug-likeness (QED) is 0.707. The average molecular weight is 339 g/mol. The SMILES string of the molecule is CC(C)c1nc2scc(-c3ccc(Cl)c(Cl)c3)c2c(=O)[nH]1. The molecule has 0 fully saturated rings. The summed E-state index contributed by atoms with van der Waals surface area (Å²) in [6.45, 7) is 4.00. The van der Waals surface area contributed by atoms with Gasteiger partial charge in [-0.15, -0.1) is 11.3 Å². The molecule has 0 aliphatic heterocycles. The van der Waals surface area contributed by atoms with E-state index >= 15 is 0 Å². The van der Waals surface area contributed by atoms with Crippen LogP contribution in [0.25, 0.3) is 21.3 Å². The van der Waals surface area contributed by atoms with Gasteiger partial charge in [-0.2, -0.15) is 0 Å². The average Bonchev–Trinajstić information content (AvgIpc) is 2.86. The lowest BCUT2D eigenvalue weighted by molar-refractivity contribution is 0.778. The van der Waals surface area contributed by atoms with Crippen molar-refractivity contribution in [3.8, 4) is 11.1 Å². The molecule has 0 saturated carbocycles. The molecule has 0 saturated heterocycles. The van der Waals surface area contributed by atoms with E-state index in [1.165, 1.54) is 11.3 Å². The van der Waals surface area contributed by atoms with E-state index in [2.05, 4.69) is 9.97 Å². The van der Waals surface area contributed by atoms with Crippen molar-refractivity contribution in [2.24, 2.45) is 0 Å². The first kappa shape index (κ1) is 14.6. The minimum atomic E-state index is -0.119. The fraction of sp³-hybridized carbons (Fsp3) is 0.200. The fourth-order valence-electron chi connectivity index (χ4n) is 2.12. The van der Waals surface area contributed by atoms with Crippen molar-refractivity contribution < 1.29 is 0 Å². The number of thiophene rings is 1. The Morgan fingerprint density at radius 2 is 2.00 bits per heavy atom. The van der Waals surface area contributed by atoms with E-state index < -0.39 is 0 Å². The summed E-state index contributed by atoms with van der Waals surface area (Å²) in [6, 6.07) is 5.35. The first-order valence-corrected chi connectivity index (χ1v) is 8.07. The summed E-state index contributed by atoms with van der Waals surface area (Å²) in [5, 5.41) is 3.49. The number of nitrogens with one attached hydrogen (secondary N) is 1. The van der Waals surface area contributed by atoms with Gasteiger partial charge in [-0.3, -0.25) is 4.79 Å². The molecule has 2 heterocycles. The molecule has 0 atom stereocenters. The minimum Gasteiger partial charge on any atom is -0.310 e. The standard InChI is InChI=1S/C15H12Cl2N2OS/c1-7(2)13-18-14(20)12-9(6-21-15(12)19-13)8-3-4-10(16)11(17)5-8/h3-7H,1-2H3,(H,18,19,20). The lowest BCUT2D eigenvalue weighted by atomic mass is 10.1. The van der Waals surface area contributed by atoms with Crippen molar-refractivity contribution in [1.82, 2.24) is 9.97 Å². The third-order valence-corrected chi connectivity index (χ3v) is 4.85. The number of hydrogen-bond donors (Lipinski definition) is 1. The van der Waals surface area contributed by atoms with Gasteiger partial charge in [0.25, 0.3) is 5.56 Å². The van der Waals surface area contributed by atoms with E-state index in [1.807, 2.05) is 25.3 Å². The number of hydrogen-bond acceptors (Lipinski definition) is 3. The van der Waals surface area contributed by atoms with E-state index in [1.54, 1.807) is 12.1 Å². The topological polar surface area (TPSA) is 45.8 Å². The maximum atomic E-state index is 12.4. The van der Waals surface area contributed by atoms with Gasteiger partial charge < -0.3 is 4.98 Å². The number of halogens is 2. The number of fused-ring (bicyclic) bond motifs is 1. The third-order valence-electron chi connectivity index (χ3n) is 3.24. The summed E-state index contributed by atoms with van der Waals surface area (Å²) in [5.41, 5.74) is 1.57. The molecule has 0 spiro atoms. The van der Waals surface area contributed by atoms with Crippen LogP contribution >= 0.6 is 34.5 Å². The normalized spacial score (nSPS) is 11.5. The molecule has 3 aromatic rings. The molecule has 0 aliphatic carbocycles. The third kappa shape index (κ3) is 2.59.